The lowest BCUT2D eigenvalue weighted by Crippen LogP contribution is -2.13. The second-order valence-corrected chi connectivity index (χ2v) is 6.05. The van der Waals surface area contributed by atoms with Gasteiger partial charge in [-0.25, -0.2) is 0 Å². The summed E-state index contributed by atoms with van der Waals surface area (Å²) in [5.41, 5.74) is 2.28. The molecule has 0 radical (unpaired) electrons. The fraction of sp³-hybridized carbons (Fsp3) is 0.556. The highest BCUT2D eigenvalue weighted by atomic mass is 15.1. The number of benzene rings is 1. The van der Waals surface area contributed by atoms with Gasteiger partial charge in [0.05, 0.1) is 0 Å². The fourth-order valence-corrected chi connectivity index (χ4v) is 2.02. The molecule has 0 bridgehead atoms. The molecule has 22 heavy (non-hydrogen) atoms. The molecule has 0 aliphatic heterocycles. The first-order chi connectivity index (χ1) is 10.6. The van der Waals surface area contributed by atoms with Gasteiger partial charge >= 0.3 is 0 Å². The molecule has 122 valence electrons. The summed E-state index contributed by atoms with van der Waals surface area (Å²) >= 11 is 0. The molecule has 0 aromatic heterocycles. The van der Waals surface area contributed by atoms with Crippen LogP contribution in [0.5, 0.6) is 0 Å². The van der Waals surface area contributed by atoms with E-state index in [-0.39, 0.29) is 0 Å². The van der Waals surface area contributed by atoms with Crippen LogP contribution >= 0.6 is 0 Å². The third kappa shape index (κ3) is 9.42. The van der Waals surface area contributed by atoms with Gasteiger partial charge in [-0.1, -0.05) is 18.2 Å². The molecule has 0 heterocycles. The van der Waals surface area contributed by atoms with Crippen molar-refractivity contribution in [2.45, 2.75) is 12.8 Å². The maximum Gasteiger partial charge on any atom is 0.0401 e. The van der Waals surface area contributed by atoms with Crippen LogP contribution in [-0.4, -0.2) is 76.6 Å². The van der Waals surface area contributed by atoms with E-state index in [1.807, 2.05) is 12.4 Å². The molecule has 1 rings (SSSR count). The van der Waals surface area contributed by atoms with E-state index in [2.05, 4.69) is 72.2 Å². The summed E-state index contributed by atoms with van der Waals surface area (Å²) in [6.07, 6.45) is 6.10. The Bertz CT molecular complexity index is 425. The van der Waals surface area contributed by atoms with Crippen LogP contribution < -0.4 is 0 Å². The van der Waals surface area contributed by atoms with Gasteiger partial charge in [0.25, 0.3) is 0 Å². The molecule has 4 nitrogen and oxygen atoms in total. The quantitative estimate of drug-likeness (QED) is 0.491. The molecule has 0 N–H and O–H groups in total. The Kier molecular flexibility index (Phi) is 9.35. The van der Waals surface area contributed by atoms with Gasteiger partial charge in [0.1, 0.15) is 0 Å². The second kappa shape index (κ2) is 11.1. The standard InChI is InChI=1S/C18H30N4/c1-21(2)12-6-10-19-15-17-8-5-9-18(14-17)16-20-11-7-13-22(3)4/h5,8-9,14-16H,6-7,10-13H2,1-4H3. The summed E-state index contributed by atoms with van der Waals surface area (Å²) in [4.78, 5) is 13.3. The van der Waals surface area contributed by atoms with Crippen molar-refractivity contribution in [3.05, 3.63) is 35.4 Å². The molecule has 0 amide bonds. The van der Waals surface area contributed by atoms with E-state index >= 15 is 0 Å². The van der Waals surface area contributed by atoms with Gasteiger partial charge in [-0.05, 0) is 71.3 Å². The Morgan fingerprint density at radius 3 is 1.68 bits per heavy atom. The first-order valence-corrected chi connectivity index (χ1v) is 7.97. The molecule has 0 atom stereocenters. The van der Waals surface area contributed by atoms with Crippen molar-refractivity contribution in [1.29, 1.82) is 0 Å². The Balaban J connectivity index is 2.38. The summed E-state index contributed by atoms with van der Waals surface area (Å²) in [6.45, 7) is 3.91. The molecule has 0 aliphatic carbocycles. The molecular formula is C18H30N4. The minimum absolute atomic E-state index is 0.876. The monoisotopic (exact) mass is 302 g/mol. The maximum atomic E-state index is 4.48. The SMILES string of the molecule is CN(C)CCCN=Cc1cccc(C=NCCCN(C)C)c1. The summed E-state index contributed by atoms with van der Waals surface area (Å²) < 4.78 is 0. The van der Waals surface area contributed by atoms with E-state index in [0.29, 0.717) is 0 Å². The first kappa shape index (κ1) is 18.5. The predicted molar refractivity (Wildman–Crippen MR) is 97.7 cm³/mol. The zero-order valence-corrected chi connectivity index (χ0v) is 14.5. The minimum atomic E-state index is 0.876. The van der Waals surface area contributed by atoms with Crippen LogP contribution in [0.4, 0.5) is 0 Å². The highest BCUT2D eigenvalue weighted by Crippen LogP contribution is 2.01. The second-order valence-electron chi connectivity index (χ2n) is 6.05. The third-order valence-corrected chi connectivity index (χ3v) is 3.18. The normalized spacial score (nSPS) is 12.3. The topological polar surface area (TPSA) is 31.2 Å². The van der Waals surface area contributed by atoms with Gasteiger partial charge in [-0.15, -0.1) is 0 Å². The third-order valence-electron chi connectivity index (χ3n) is 3.18. The van der Waals surface area contributed by atoms with Gasteiger partial charge < -0.3 is 9.80 Å². The summed E-state index contributed by atoms with van der Waals surface area (Å²) in [5.74, 6) is 0. The summed E-state index contributed by atoms with van der Waals surface area (Å²) in [6, 6.07) is 8.35. The van der Waals surface area contributed by atoms with Crippen LogP contribution in [0.3, 0.4) is 0 Å². The van der Waals surface area contributed by atoms with Crippen molar-refractivity contribution in [3.63, 3.8) is 0 Å². The van der Waals surface area contributed by atoms with Crippen LogP contribution in [0, 0.1) is 0 Å². The molecule has 0 saturated heterocycles. The van der Waals surface area contributed by atoms with Crippen molar-refractivity contribution < 1.29 is 0 Å². The lowest BCUT2D eigenvalue weighted by molar-refractivity contribution is 0.403. The van der Waals surface area contributed by atoms with Crippen LogP contribution in [0.1, 0.15) is 24.0 Å². The van der Waals surface area contributed by atoms with Crippen molar-refractivity contribution in [1.82, 2.24) is 9.80 Å². The lowest BCUT2D eigenvalue weighted by atomic mass is 10.1. The Hall–Kier alpha value is -1.52. The molecule has 0 saturated carbocycles. The van der Waals surface area contributed by atoms with E-state index in [1.165, 1.54) is 0 Å². The number of hydrogen-bond donors (Lipinski definition) is 0. The zero-order chi connectivity index (χ0) is 16.2. The minimum Gasteiger partial charge on any atom is -0.309 e. The molecule has 0 fully saturated rings. The van der Waals surface area contributed by atoms with Gasteiger partial charge in [0.2, 0.25) is 0 Å². The van der Waals surface area contributed by atoms with Crippen LogP contribution in [0.15, 0.2) is 34.3 Å². The average molecular weight is 302 g/mol. The van der Waals surface area contributed by atoms with E-state index in [1.54, 1.807) is 0 Å². The van der Waals surface area contributed by atoms with E-state index < -0.39 is 0 Å². The Morgan fingerprint density at radius 1 is 0.818 bits per heavy atom. The highest BCUT2D eigenvalue weighted by Gasteiger charge is 1.93. The predicted octanol–water partition coefficient (Wildman–Crippen LogP) is 2.43. The molecule has 0 spiro atoms. The number of rotatable bonds is 10. The van der Waals surface area contributed by atoms with E-state index in [4.69, 9.17) is 0 Å². The number of nitrogens with zero attached hydrogens (tertiary/aromatic N) is 4. The summed E-state index contributed by atoms with van der Waals surface area (Å²) in [5, 5.41) is 0. The van der Waals surface area contributed by atoms with Crippen molar-refractivity contribution >= 4 is 12.4 Å². The van der Waals surface area contributed by atoms with Gasteiger partial charge in [-0.2, -0.15) is 0 Å². The van der Waals surface area contributed by atoms with Crippen LogP contribution in [0.25, 0.3) is 0 Å². The lowest BCUT2D eigenvalue weighted by Gasteiger charge is -2.06. The molecule has 1 aromatic carbocycles. The Morgan fingerprint density at radius 2 is 1.27 bits per heavy atom. The molecule has 1 aromatic rings. The number of hydrogen-bond acceptors (Lipinski definition) is 4. The van der Waals surface area contributed by atoms with Crippen molar-refractivity contribution in [2.24, 2.45) is 9.98 Å². The fourth-order valence-electron chi connectivity index (χ4n) is 2.02. The maximum absolute atomic E-state index is 4.48. The van der Waals surface area contributed by atoms with E-state index in [0.717, 1.165) is 50.1 Å². The van der Waals surface area contributed by atoms with Crippen molar-refractivity contribution in [3.8, 4) is 0 Å². The average Bonchev–Trinajstić information content (AvgIpc) is 2.46. The smallest absolute Gasteiger partial charge is 0.0401 e. The molecule has 0 unspecified atom stereocenters. The van der Waals surface area contributed by atoms with Crippen molar-refractivity contribution in [2.75, 3.05) is 54.4 Å². The number of aliphatic imine (C=N–C) groups is 2. The zero-order valence-electron chi connectivity index (χ0n) is 14.5. The molecule has 0 aliphatic rings. The highest BCUT2D eigenvalue weighted by molar-refractivity contribution is 5.86. The Labute approximate surface area is 135 Å². The summed E-state index contributed by atoms with van der Waals surface area (Å²) in [7, 11) is 8.35. The first-order valence-electron chi connectivity index (χ1n) is 7.97. The van der Waals surface area contributed by atoms with Gasteiger partial charge in [-0.3, -0.25) is 9.98 Å². The van der Waals surface area contributed by atoms with Gasteiger partial charge in [0.15, 0.2) is 0 Å². The van der Waals surface area contributed by atoms with Crippen LogP contribution in [-0.2, 0) is 0 Å². The van der Waals surface area contributed by atoms with E-state index in [9.17, 15) is 0 Å². The molecule has 4 heteroatoms. The largest absolute Gasteiger partial charge is 0.309 e. The molecular weight excluding hydrogens is 272 g/mol. The van der Waals surface area contributed by atoms with Gasteiger partial charge in [0, 0.05) is 25.5 Å². The van der Waals surface area contributed by atoms with Crippen LogP contribution in [0.2, 0.25) is 0 Å².